The molecule has 0 aliphatic carbocycles. The number of nitrogens with one attached hydrogen (secondary N) is 2. The van der Waals surface area contributed by atoms with Crippen molar-refractivity contribution < 1.29 is 4.79 Å². The smallest absolute Gasteiger partial charge is 0.228 e. The molecular formula is C28H26Cl3LrN6OS-. The number of pyridine rings is 1. The SMILES string of the molecule is C[CH-]c1cc(N2CCCN(C(NC(=O)C3CNc4cc(C#N)ccc4C3)C(Cl)(Cl)Cl)C2=S)c2ncccc2c1.[Lr]. The molecule has 2 aromatic carbocycles. The number of anilines is 2. The number of amides is 1. The number of carbonyl (C=O) groups is 1. The fraction of sp³-hybridized carbons (Fsp3) is 0.321. The maximum atomic E-state index is 13.5. The van der Waals surface area contributed by atoms with Crippen LogP contribution < -0.4 is 15.5 Å². The number of nitriles is 1. The summed E-state index contributed by atoms with van der Waals surface area (Å²) in [5.41, 5.74) is 5.12. The van der Waals surface area contributed by atoms with Crippen molar-refractivity contribution in [1.29, 1.82) is 5.26 Å². The van der Waals surface area contributed by atoms with Crippen molar-refractivity contribution in [3.8, 4) is 6.07 Å². The monoisotopic (exact) mass is 861 g/mol. The second kappa shape index (κ2) is 11.6. The van der Waals surface area contributed by atoms with Gasteiger partial charge >= 0.3 is 0 Å². The summed E-state index contributed by atoms with van der Waals surface area (Å²) in [7, 11) is 0. The van der Waals surface area contributed by atoms with Crippen LogP contribution in [0.2, 0.25) is 0 Å². The maximum absolute atomic E-state index is 13.5. The predicted octanol–water partition coefficient (Wildman–Crippen LogP) is 5.57. The third-order valence-corrected chi connectivity index (χ3v) is 8.18. The van der Waals surface area contributed by atoms with Gasteiger partial charge in [-0.15, -0.1) is 6.07 Å². The van der Waals surface area contributed by atoms with Crippen LogP contribution in [0, 0.1) is 23.7 Å². The Balaban J connectivity index is 0.00000370. The molecule has 2 unspecified atom stereocenters. The van der Waals surface area contributed by atoms with Gasteiger partial charge in [0, 0.05) is 37.2 Å². The number of aromatic nitrogens is 1. The van der Waals surface area contributed by atoms with Crippen molar-refractivity contribution in [3.05, 3.63) is 71.8 Å². The average molecular weight is 863 g/mol. The summed E-state index contributed by atoms with van der Waals surface area (Å²) >= 11 is 25.3. The fourth-order valence-corrected chi connectivity index (χ4v) is 6.01. The van der Waals surface area contributed by atoms with Crippen LogP contribution >= 0.6 is 47.0 Å². The molecule has 0 spiro atoms. The van der Waals surface area contributed by atoms with E-state index in [1.807, 2.05) is 36.4 Å². The Bertz CT molecular complexity index is 1480. The summed E-state index contributed by atoms with van der Waals surface area (Å²) in [5.74, 6) is -0.636. The Kier molecular flexibility index (Phi) is 8.45. The van der Waals surface area contributed by atoms with Gasteiger partial charge in [0.15, 0.2) is 11.3 Å². The number of halogens is 3. The molecule has 0 saturated carbocycles. The van der Waals surface area contributed by atoms with Crippen molar-refractivity contribution in [2.75, 3.05) is 29.9 Å². The van der Waals surface area contributed by atoms with Gasteiger partial charge in [-0.3, -0.25) is 9.78 Å². The quantitative estimate of drug-likeness (QED) is 0.197. The second-order valence-electron chi connectivity index (χ2n) is 9.60. The Morgan fingerprint density at radius 1 is 1.27 bits per heavy atom. The molecule has 1 aromatic heterocycles. The van der Waals surface area contributed by atoms with Gasteiger partial charge in [-0.25, -0.2) is 0 Å². The van der Waals surface area contributed by atoms with Crippen molar-refractivity contribution in [2.24, 2.45) is 5.92 Å². The first-order valence-electron chi connectivity index (χ1n) is 12.6. The molecule has 1 radical (unpaired) electrons. The summed E-state index contributed by atoms with van der Waals surface area (Å²) in [6.45, 7) is 3.57. The Labute approximate surface area is 248 Å². The number of hydrogen-bond donors (Lipinski definition) is 2. The van der Waals surface area contributed by atoms with E-state index in [0.717, 1.165) is 39.8 Å². The van der Waals surface area contributed by atoms with Crippen molar-refractivity contribution >= 4 is 80.3 Å². The van der Waals surface area contributed by atoms with Crippen LogP contribution in [-0.4, -0.2) is 50.5 Å². The first-order valence-corrected chi connectivity index (χ1v) is 14.1. The molecule has 2 N–H and O–H groups in total. The Morgan fingerprint density at radius 3 is 2.80 bits per heavy atom. The average Bonchev–Trinajstić information content (AvgIpc) is 2.94. The van der Waals surface area contributed by atoms with Gasteiger partial charge in [-0.05, 0) is 48.8 Å². The fourth-order valence-electron chi connectivity index (χ4n) is 5.11. The molecule has 2 atom stereocenters. The third kappa shape index (κ3) is 5.66. The topological polar surface area (TPSA) is 84.3 Å². The van der Waals surface area contributed by atoms with E-state index in [4.69, 9.17) is 52.3 Å². The number of rotatable bonds is 5. The maximum Gasteiger partial charge on any atom is 0.228 e. The van der Waals surface area contributed by atoms with Gasteiger partial charge in [-0.2, -0.15) is 23.3 Å². The zero-order valence-electron chi connectivity index (χ0n) is 21.4. The van der Waals surface area contributed by atoms with Crippen molar-refractivity contribution in [2.45, 2.75) is 29.7 Å². The molecule has 2 aliphatic heterocycles. The van der Waals surface area contributed by atoms with Gasteiger partial charge < -0.3 is 20.4 Å². The molecule has 3 heterocycles. The van der Waals surface area contributed by atoms with E-state index in [1.54, 1.807) is 23.2 Å². The molecule has 0 bridgehead atoms. The summed E-state index contributed by atoms with van der Waals surface area (Å²) in [5, 5.41) is 16.9. The van der Waals surface area contributed by atoms with E-state index in [9.17, 15) is 4.79 Å². The number of benzene rings is 2. The van der Waals surface area contributed by atoms with Crippen molar-refractivity contribution in [1.82, 2.24) is 15.2 Å². The minimum atomic E-state index is -1.84. The predicted molar refractivity (Wildman–Crippen MR) is 161 cm³/mol. The van der Waals surface area contributed by atoms with Crippen LogP contribution in [0.3, 0.4) is 0 Å². The van der Waals surface area contributed by atoms with Crippen LogP contribution in [0.4, 0.5) is 11.4 Å². The molecule has 5 rings (SSSR count). The molecule has 1 fully saturated rings. The first kappa shape index (κ1) is 29.0. The molecule has 7 nitrogen and oxygen atoms in total. The zero-order valence-corrected chi connectivity index (χ0v) is 26.6. The van der Waals surface area contributed by atoms with E-state index >= 15 is 0 Å². The van der Waals surface area contributed by atoms with Gasteiger partial charge in [0.1, 0.15) is 0 Å². The number of hydrogen-bond acceptors (Lipinski definition) is 5. The normalized spacial score (nSPS) is 17.7. The van der Waals surface area contributed by atoms with E-state index < -0.39 is 9.96 Å². The van der Waals surface area contributed by atoms with Crippen LogP contribution in [0.5, 0.6) is 0 Å². The molecule has 1 saturated heterocycles. The van der Waals surface area contributed by atoms with E-state index in [0.29, 0.717) is 36.7 Å². The van der Waals surface area contributed by atoms with Gasteiger partial charge in [0.25, 0.3) is 0 Å². The van der Waals surface area contributed by atoms with Gasteiger partial charge in [0.05, 0.1) is 23.1 Å². The number of alkyl halides is 3. The largest absolute Gasteiger partial charge is 0.384 e. The molecular weight excluding hydrogens is 837 g/mol. The summed E-state index contributed by atoms with van der Waals surface area (Å²) in [6, 6.07) is 15.6. The Morgan fingerprint density at radius 2 is 2.08 bits per heavy atom. The standard InChI is InChI=1S/C28H26Cl3N6OS.Lr/c1-2-17-11-20-5-3-8-33-24(20)23(13-17)36-9-4-10-37(27(36)39)26(28(29,30)31)35-25(38)21-14-19-7-6-18(15-32)12-22(19)34-16-21;/h2-3,5-8,11-13,21,26,34H,4,9-10,14,16H2,1H3,(H,35,38);/q-1;. The molecule has 12 heteroatoms. The zero-order chi connectivity index (χ0) is 27.7. The third-order valence-electron chi connectivity index (χ3n) is 7.10. The summed E-state index contributed by atoms with van der Waals surface area (Å²) in [6.07, 6.45) is 4.05. The summed E-state index contributed by atoms with van der Waals surface area (Å²) < 4.78 is -1.84. The molecule has 3 aromatic rings. The number of fused-ring (bicyclic) bond motifs is 2. The van der Waals surface area contributed by atoms with Crippen LogP contribution in [-0.2, 0) is 11.2 Å². The molecule has 40 heavy (non-hydrogen) atoms. The Hall–Kier alpha value is -3.96. The minimum Gasteiger partial charge on any atom is -0.384 e. The van der Waals surface area contributed by atoms with E-state index in [-0.39, 0.29) is 11.8 Å². The molecule has 217 valence electrons. The van der Waals surface area contributed by atoms with E-state index in [2.05, 4.69) is 33.8 Å². The number of carbonyl (C=O) groups excluding carboxylic acids is 1. The van der Waals surface area contributed by atoms with E-state index in [1.165, 1.54) is 0 Å². The number of thiocarbonyl (C=S) groups is 1. The second-order valence-corrected chi connectivity index (χ2v) is 12.3. The molecule has 2 aliphatic rings. The number of nitrogens with zero attached hydrogens (tertiary/aromatic N) is 4. The minimum absolute atomic E-state index is 0. The van der Waals surface area contributed by atoms with Gasteiger partial charge in [0.2, 0.25) is 9.70 Å². The van der Waals surface area contributed by atoms with Gasteiger partial charge in [-0.1, -0.05) is 59.2 Å². The van der Waals surface area contributed by atoms with Crippen LogP contribution in [0.1, 0.15) is 30.0 Å². The van der Waals surface area contributed by atoms with Crippen molar-refractivity contribution in [3.63, 3.8) is 0 Å². The molecule has 1 amide bonds. The summed E-state index contributed by atoms with van der Waals surface area (Å²) in [4.78, 5) is 21.9. The first-order chi connectivity index (χ1) is 18.7. The van der Waals surface area contributed by atoms with Crippen LogP contribution in [0.25, 0.3) is 10.9 Å². The van der Waals surface area contributed by atoms with Crippen LogP contribution in [0.15, 0.2) is 48.7 Å².